The maximum Gasteiger partial charge on any atom is 0.252 e. The lowest BCUT2D eigenvalue weighted by Crippen LogP contribution is -2.61. The lowest BCUT2D eigenvalue weighted by molar-refractivity contribution is 0.568. The molecule has 3 heterocycles. The summed E-state index contributed by atoms with van der Waals surface area (Å²) in [5.41, 5.74) is 24.7. The van der Waals surface area contributed by atoms with E-state index >= 15 is 0 Å². The lowest BCUT2D eigenvalue weighted by Gasteiger charge is -2.45. The first kappa shape index (κ1) is 47.7. The number of para-hydroxylation sites is 2. The van der Waals surface area contributed by atoms with Crippen molar-refractivity contribution in [2.45, 2.75) is 118 Å². The van der Waals surface area contributed by atoms with E-state index in [-0.39, 0.29) is 28.4 Å². The van der Waals surface area contributed by atoms with E-state index in [1.807, 2.05) is 0 Å². The second-order valence-corrected chi connectivity index (χ2v) is 25.5. The Morgan fingerprint density at radius 2 is 0.824 bits per heavy atom. The van der Waals surface area contributed by atoms with E-state index in [0.29, 0.717) is 0 Å². The molecule has 1 aliphatic carbocycles. The minimum Gasteiger partial charge on any atom is -0.311 e. The molecule has 0 fully saturated rings. The minimum atomic E-state index is -0.0756. The summed E-state index contributed by atoms with van der Waals surface area (Å²) in [5.74, 6) is 0. The normalized spacial score (nSPS) is 14.6. The van der Waals surface area contributed by atoms with Crippen molar-refractivity contribution < 1.29 is 0 Å². The van der Waals surface area contributed by atoms with Gasteiger partial charge in [-0.2, -0.15) is 0 Å². The molecule has 0 saturated heterocycles. The van der Waals surface area contributed by atoms with Gasteiger partial charge in [0.2, 0.25) is 0 Å². The van der Waals surface area contributed by atoms with E-state index in [1.54, 1.807) is 0 Å². The van der Waals surface area contributed by atoms with Crippen LogP contribution in [0.25, 0.3) is 44.2 Å². The van der Waals surface area contributed by atoms with E-state index in [1.165, 1.54) is 117 Å². The average Bonchev–Trinajstić information content (AvgIpc) is 3.70. The molecule has 8 aromatic carbocycles. The van der Waals surface area contributed by atoms with Crippen molar-refractivity contribution in [3.8, 4) is 16.8 Å². The highest BCUT2D eigenvalue weighted by Crippen LogP contribution is 2.49. The molecule has 368 valence electrons. The maximum absolute atomic E-state index is 2.63. The van der Waals surface area contributed by atoms with Crippen LogP contribution >= 0.6 is 0 Å². The van der Waals surface area contributed by atoms with Gasteiger partial charge in [0.25, 0.3) is 6.71 Å². The van der Waals surface area contributed by atoms with Gasteiger partial charge >= 0.3 is 0 Å². The van der Waals surface area contributed by atoms with Gasteiger partial charge in [-0.1, -0.05) is 204 Å². The molecule has 0 spiro atoms. The predicted molar refractivity (Wildman–Crippen MR) is 321 cm³/mol. The number of fused-ring (bicyclic) bond motifs is 7. The second kappa shape index (κ2) is 17.1. The molecule has 0 bridgehead atoms. The van der Waals surface area contributed by atoms with Gasteiger partial charge in [0.05, 0.1) is 16.7 Å². The maximum atomic E-state index is 2.63. The molecule has 0 amide bonds. The van der Waals surface area contributed by atoms with E-state index < -0.39 is 0 Å². The first-order chi connectivity index (χ1) is 35.2. The molecule has 74 heavy (non-hydrogen) atoms. The van der Waals surface area contributed by atoms with Crippen LogP contribution in [-0.4, -0.2) is 11.3 Å². The number of anilines is 6. The number of allylic oxidation sites excluding steroid dienone is 4. The largest absolute Gasteiger partial charge is 0.311 e. The van der Waals surface area contributed by atoms with Crippen LogP contribution in [-0.2, 0) is 21.7 Å². The number of benzene rings is 8. The van der Waals surface area contributed by atoms with E-state index in [2.05, 4.69) is 279 Å². The molecule has 12 rings (SSSR count). The van der Waals surface area contributed by atoms with Gasteiger partial charge in [-0.15, -0.1) is 0 Å². The Morgan fingerprint density at radius 1 is 0.378 bits per heavy atom. The number of nitrogens with zero attached hydrogens (tertiary/aromatic N) is 3. The zero-order chi connectivity index (χ0) is 51.6. The fraction of sp³-hybridized carbons (Fsp3) is 0.257. The summed E-state index contributed by atoms with van der Waals surface area (Å²) in [6, 6.07) is 63.5. The van der Waals surface area contributed by atoms with Crippen LogP contribution in [0.4, 0.5) is 34.1 Å². The fourth-order valence-electron chi connectivity index (χ4n) is 11.9. The van der Waals surface area contributed by atoms with E-state index in [0.717, 1.165) is 18.5 Å². The molecule has 3 aliphatic rings. The topological polar surface area (TPSA) is 11.4 Å². The third-order valence-corrected chi connectivity index (χ3v) is 16.1. The van der Waals surface area contributed by atoms with Crippen molar-refractivity contribution in [3.05, 3.63) is 210 Å². The van der Waals surface area contributed by atoms with Gasteiger partial charge in [-0.25, -0.2) is 0 Å². The molecule has 0 atom stereocenters. The zero-order valence-corrected chi connectivity index (χ0v) is 45.7. The van der Waals surface area contributed by atoms with Crippen LogP contribution in [0.2, 0.25) is 0 Å². The van der Waals surface area contributed by atoms with Crippen molar-refractivity contribution in [3.63, 3.8) is 0 Å². The molecule has 9 aromatic rings. The summed E-state index contributed by atoms with van der Waals surface area (Å²) >= 11 is 0. The SMILES string of the molecule is CC(C)(C)c1cc(N2c3ccccc3B3c4ccccc4N(c4cc(C(C)(C)C)cc(C(C)(C)C)c4)c4cc(-n5c6cc(C7=CCCC=C7)ccc6c6ccc(-c7ccccc7)cc65)cc2c43)cc(C(C)(C)C)c1. The van der Waals surface area contributed by atoms with Crippen molar-refractivity contribution >= 4 is 84.6 Å². The van der Waals surface area contributed by atoms with Gasteiger partial charge in [-0.3, -0.25) is 0 Å². The van der Waals surface area contributed by atoms with Gasteiger partial charge in [0.1, 0.15) is 0 Å². The Morgan fingerprint density at radius 3 is 1.28 bits per heavy atom. The molecular formula is C70H70BN3. The smallest absolute Gasteiger partial charge is 0.252 e. The van der Waals surface area contributed by atoms with E-state index in [9.17, 15) is 0 Å². The summed E-state index contributed by atoms with van der Waals surface area (Å²) in [7, 11) is 0. The summed E-state index contributed by atoms with van der Waals surface area (Å²) in [6.07, 6.45) is 9.18. The minimum absolute atomic E-state index is 0.00539. The molecule has 0 saturated carbocycles. The first-order valence-corrected chi connectivity index (χ1v) is 27.0. The number of hydrogen-bond donors (Lipinski definition) is 0. The highest BCUT2D eigenvalue weighted by atomic mass is 15.2. The number of aromatic nitrogens is 1. The molecule has 0 unspecified atom stereocenters. The van der Waals surface area contributed by atoms with Gasteiger partial charge in [0.15, 0.2) is 0 Å². The van der Waals surface area contributed by atoms with Crippen LogP contribution in [0, 0.1) is 0 Å². The molecule has 0 radical (unpaired) electrons. The Hall–Kier alpha value is -7.30. The monoisotopic (exact) mass is 964 g/mol. The van der Waals surface area contributed by atoms with Gasteiger partial charge in [-0.05, 0) is 156 Å². The molecule has 3 nitrogen and oxygen atoms in total. The second-order valence-electron chi connectivity index (χ2n) is 25.5. The summed E-state index contributed by atoms with van der Waals surface area (Å²) < 4.78 is 2.59. The number of hydrogen-bond acceptors (Lipinski definition) is 2. The Labute approximate surface area is 441 Å². The Kier molecular flexibility index (Phi) is 11.0. The fourth-order valence-corrected chi connectivity index (χ4v) is 11.9. The highest BCUT2D eigenvalue weighted by molar-refractivity contribution is 7.00. The van der Waals surface area contributed by atoms with Crippen LogP contribution in [0.5, 0.6) is 0 Å². The average molecular weight is 964 g/mol. The third-order valence-electron chi connectivity index (χ3n) is 16.1. The standard InChI is InChI=1S/C70H70BN3/c1-67(2,3)49-37-50(68(4,5)6)40-53(39-49)72-60-29-21-19-27-58(60)71-59-28-20-22-30-61(59)73(54-41-51(69(7,8)9)38-52(42-54)70(10,11)12)65-44-55(43-64(72)66(65)71)74-62-35-47(45-23-15-13-16-24-45)31-33-56(62)57-34-32-48(36-63(57)74)46-25-17-14-18-26-46/h13,15-17,19-44H,14,18H2,1-12H3. The predicted octanol–water partition coefficient (Wildman–Crippen LogP) is 17.5. The van der Waals surface area contributed by atoms with Gasteiger partial charge in [0, 0.05) is 44.9 Å². The van der Waals surface area contributed by atoms with Crippen LogP contribution < -0.4 is 26.2 Å². The Balaban J connectivity index is 1.25. The molecule has 1 aromatic heterocycles. The van der Waals surface area contributed by atoms with Crippen LogP contribution in [0.15, 0.2) is 182 Å². The summed E-state index contributed by atoms with van der Waals surface area (Å²) in [4.78, 5) is 5.26. The van der Waals surface area contributed by atoms with Crippen molar-refractivity contribution in [2.75, 3.05) is 9.80 Å². The number of rotatable bonds is 5. The van der Waals surface area contributed by atoms with Crippen LogP contribution in [0.1, 0.15) is 124 Å². The van der Waals surface area contributed by atoms with Crippen molar-refractivity contribution in [1.82, 2.24) is 4.57 Å². The molecule has 0 N–H and O–H groups in total. The highest BCUT2D eigenvalue weighted by Gasteiger charge is 2.44. The van der Waals surface area contributed by atoms with E-state index in [4.69, 9.17) is 0 Å². The van der Waals surface area contributed by atoms with Gasteiger partial charge < -0.3 is 14.4 Å². The summed E-state index contributed by atoms with van der Waals surface area (Å²) in [5, 5.41) is 2.49. The molecule has 2 aliphatic heterocycles. The summed E-state index contributed by atoms with van der Waals surface area (Å²) in [6.45, 7) is 28.2. The van der Waals surface area contributed by atoms with Crippen LogP contribution in [0.3, 0.4) is 0 Å². The molecular weight excluding hydrogens is 894 g/mol. The first-order valence-electron chi connectivity index (χ1n) is 27.0. The lowest BCUT2D eigenvalue weighted by atomic mass is 9.33. The zero-order valence-electron chi connectivity index (χ0n) is 45.7. The van der Waals surface area contributed by atoms with Crippen molar-refractivity contribution in [1.29, 1.82) is 0 Å². The van der Waals surface area contributed by atoms with Crippen molar-refractivity contribution in [2.24, 2.45) is 0 Å². The quantitative estimate of drug-likeness (QED) is 0.159. The molecule has 4 heteroatoms. The Bertz CT molecular complexity index is 3570. The third kappa shape index (κ3) is 8.04.